The summed E-state index contributed by atoms with van der Waals surface area (Å²) in [6.45, 7) is 2.38. The molecule has 2 aromatic heterocycles. The van der Waals surface area contributed by atoms with Gasteiger partial charge in [0.2, 0.25) is 0 Å². The summed E-state index contributed by atoms with van der Waals surface area (Å²) in [6, 6.07) is 4.10. The minimum absolute atomic E-state index is 0.0182. The minimum atomic E-state index is -0.443. The molecule has 2 aromatic rings. The predicted octanol–water partition coefficient (Wildman–Crippen LogP) is 2.17. The molecule has 1 aliphatic rings. The summed E-state index contributed by atoms with van der Waals surface area (Å²) in [5.74, 6) is -0.184. The van der Waals surface area contributed by atoms with Gasteiger partial charge in [-0.25, -0.2) is 0 Å². The maximum Gasteiger partial charge on any atom is 0.273 e. The number of hydrogen-bond acceptors (Lipinski definition) is 5. The number of carbonyl (C=O) groups is 1. The van der Waals surface area contributed by atoms with Crippen molar-refractivity contribution in [3.8, 4) is 0 Å². The normalized spacial score (nSPS) is 18.0. The van der Waals surface area contributed by atoms with E-state index >= 15 is 0 Å². The molecule has 2 N–H and O–H groups in total. The fourth-order valence-electron chi connectivity index (χ4n) is 3.22. The second-order valence-corrected chi connectivity index (χ2v) is 7.44. The highest BCUT2D eigenvalue weighted by Gasteiger charge is 2.37. The second kappa shape index (κ2) is 6.41. The number of amides is 1. The van der Waals surface area contributed by atoms with Gasteiger partial charge in [-0.3, -0.25) is 9.48 Å². The molecule has 6 nitrogen and oxygen atoms in total. The number of aromatic nitrogens is 3. The van der Waals surface area contributed by atoms with Crippen molar-refractivity contribution < 1.29 is 9.90 Å². The standard InChI is InChI=1S/C16H22N4O2S/c1-11(21)13-5-6-14(23-13)16(7-3-4-8-16)10-17-15(22)12-9-20(2)19-18-12/h5-6,9,11,21H,3-4,7-8,10H2,1-2H3,(H,17,22). The van der Waals surface area contributed by atoms with Crippen molar-refractivity contribution in [1.29, 1.82) is 0 Å². The monoisotopic (exact) mass is 334 g/mol. The molecule has 1 amide bonds. The van der Waals surface area contributed by atoms with Gasteiger partial charge in [-0.05, 0) is 31.9 Å². The van der Waals surface area contributed by atoms with Crippen LogP contribution in [-0.2, 0) is 12.5 Å². The number of carbonyl (C=O) groups excluding carboxylic acids is 1. The Morgan fingerprint density at radius 3 is 2.78 bits per heavy atom. The SMILES string of the molecule is CC(O)c1ccc(C2(CNC(=O)c3cn(C)nn3)CCCC2)s1. The highest BCUT2D eigenvalue weighted by atomic mass is 32.1. The lowest BCUT2D eigenvalue weighted by atomic mass is 9.84. The number of aryl methyl sites for hydroxylation is 1. The van der Waals surface area contributed by atoms with Crippen LogP contribution in [0.3, 0.4) is 0 Å². The number of aliphatic hydroxyl groups is 1. The van der Waals surface area contributed by atoms with Crippen LogP contribution in [0.25, 0.3) is 0 Å². The number of aliphatic hydroxyl groups excluding tert-OH is 1. The quantitative estimate of drug-likeness (QED) is 0.878. The van der Waals surface area contributed by atoms with Crippen molar-refractivity contribution in [1.82, 2.24) is 20.3 Å². The Hall–Kier alpha value is -1.73. The third-order valence-electron chi connectivity index (χ3n) is 4.54. The van der Waals surface area contributed by atoms with E-state index in [0.717, 1.165) is 17.7 Å². The molecule has 1 saturated carbocycles. The lowest BCUT2D eigenvalue weighted by Gasteiger charge is -2.28. The van der Waals surface area contributed by atoms with E-state index in [1.165, 1.54) is 22.4 Å². The van der Waals surface area contributed by atoms with Gasteiger partial charge in [-0.1, -0.05) is 18.1 Å². The van der Waals surface area contributed by atoms with Crippen LogP contribution in [0, 0.1) is 0 Å². The van der Waals surface area contributed by atoms with Crippen molar-refractivity contribution in [2.45, 2.75) is 44.1 Å². The molecule has 1 fully saturated rings. The van der Waals surface area contributed by atoms with E-state index in [0.29, 0.717) is 12.2 Å². The summed E-state index contributed by atoms with van der Waals surface area (Å²) in [6.07, 6.45) is 5.64. The summed E-state index contributed by atoms with van der Waals surface area (Å²) < 4.78 is 1.52. The molecular formula is C16H22N4O2S. The summed E-state index contributed by atoms with van der Waals surface area (Å²) >= 11 is 1.66. The summed E-state index contributed by atoms with van der Waals surface area (Å²) in [5.41, 5.74) is 0.326. The van der Waals surface area contributed by atoms with Crippen LogP contribution in [0.2, 0.25) is 0 Å². The average Bonchev–Trinajstić information content (AvgIpc) is 3.25. The van der Waals surface area contributed by atoms with Crippen LogP contribution >= 0.6 is 11.3 Å². The molecule has 1 unspecified atom stereocenters. The smallest absolute Gasteiger partial charge is 0.273 e. The third-order valence-corrected chi connectivity index (χ3v) is 6.05. The van der Waals surface area contributed by atoms with Gasteiger partial charge in [-0.2, -0.15) is 0 Å². The number of nitrogens with one attached hydrogen (secondary N) is 1. The van der Waals surface area contributed by atoms with Crippen molar-refractivity contribution in [2.24, 2.45) is 7.05 Å². The lowest BCUT2D eigenvalue weighted by Crippen LogP contribution is -2.38. The highest BCUT2D eigenvalue weighted by Crippen LogP contribution is 2.44. The first-order valence-electron chi connectivity index (χ1n) is 7.93. The van der Waals surface area contributed by atoms with Crippen LogP contribution in [0.1, 0.15) is 59.0 Å². The van der Waals surface area contributed by atoms with Gasteiger partial charge in [0.1, 0.15) is 0 Å². The van der Waals surface area contributed by atoms with Gasteiger partial charge in [0.25, 0.3) is 5.91 Å². The van der Waals surface area contributed by atoms with E-state index in [1.807, 2.05) is 6.07 Å². The summed E-state index contributed by atoms with van der Waals surface area (Å²) in [5, 5.41) is 20.4. The molecule has 23 heavy (non-hydrogen) atoms. The molecule has 0 aliphatic heterocycles. The van der Waals surface area contributed by atoms with Gasteiger partial charge >= 0.3 is 0 Å². The molecule has 1 atom stereocenters. The van der Waals surface area contributed by atoms with Crippen LogP contribution in [0.5, 0.6) is 0 Å². The molecule has 1 aliphatic carbocycles. The topological polar surface area (TPSA) is 80.0 Å². The molecule has 0 spiro atoms. The minimum Gasteiger partial charge on any atom is -0.388 e. The van der Waals surface area contributed by atoms with E-state index < -0.39 is 6.10 Å². The van der Waals surface area contributed by atoms with Crippen LogP contribution in [0.15, 0.2) is 18.3 Å². The number of nitrogens with zero attached hydrogens (tertiary/aromatic N) is 3. The van der Waals surface area contributed by atoms with Crippen LogP contribution in [-0.4, -0.2) is 32.6 Å². The van der Waals surface area contributed by atoms with Gasteiger partial charge < -0.3 is 10.4 Å². The van der Waals surface area contributed by atoms with Crippen molar-refractivity contribution in [2.75, 3.05) is 6.54 Å². The Morgan fingerprint density at radius 1 is 1.48 bits per heavy atom. The maximum absolute atomic E-state index is 12.2. The van der Waals surface area contributed by atoms with Crippen LogP contribution in [0.4, 0.5) is 0 Å². The van der Waals surface area contributed by atoms with E-state index in [2.05, 4.69) is 21.7 Å². The molecule has 2 heterocycles. The second-order valence-electron chi connectivity index (χ2n) is 6.33. The largest absolute Gasteiger partial charge is 0.388 e. The Bertz CT molecular complexity index is 686. The zero-order valence-electron chi connectivity index (χ0n) is 13.5. The number of rotatable bonds is 5. The Labute approximate surface area is 139 Å². The molecule has 3 rings (SSSR count). The highest BCUT2D eigenvalue weighted by molar-refractivity contribution is 7.12. The lowest BCUT2D eigenvalue weighted by molar-refractivity contribution is 0.0938. The van der Waals surface area contributed by atoms with Gasteiger partial charge in [0, 0.05) is 28.8 Å². The van der Waals surface area contributed by atoms with Gasteiger partial charge in [0.05, 0.1) is 12.3 Å². The molecular weight excluding hydrogens is 312 g/mol. The molecule has 0 bridgehead atoms. The number of hydrogen-bond donors (Lipinski definition) is 2. The van der Waals surface area contributed by atoms with E-state index in [1.54, 1.807) is 31.5 Å². The summed E-state index contributed by atoms with van der Waals surface area (Å²) in [4.78, 5) is 14.5. The Morgan fingerprint density at radius 2 is 2.22 bits per heavy atom. The Kier molecular flexibility index (Phi) is 4.50. The first kappa shape index (κ1) is 16.1. The van der Waals surface area contributed by atoms with Crippen molar-refractivity contribution >= 4 is 17.2 Å². The molecule has 7 heteroatoms. The first-order valence-corrected chi connectivity index (χ1v) is 8.75. The van der Waals surface area contributed by atoms with E-state index in [-0.39, 0.29) is 11.3 Å². The number of thiophene rings is 1. The Balaban J connectivity index is 1.74. The summed E-state index contributed by atoms with van der Waals surface area (Å²) in [7, 11) is 1.74. The van der Waals surface area contributed by atoms with Gasteiger partial charge in [-0.15, -0.1) is 16.4 Å². The van der Waals surface area contributed by atoms with E-state index in [4.69, 9.17) is 0 Å². The van der Waals surface area contributed by atoms with E-state index in [9.17, 15) is 9.90 Å². The zero-order chi connectivity index (χ0) is 16.4. The van der Waals surface area contributed by atoms with Crippen molar-refractivity contribution in [3.63, 3.8) is 0 Å². The van der Waals surface area contributed by atoms with Crippen LogP contribution < -0.4 is 5.32 Å². The average molecular weight is 334 g/mol. The maximum atomic E-state index is 12.2. The predicted molar refractivity (Wildman–Crippen MR) is 88.4 cm³/mol. The zero-order valence-corrected chi connectivity index (χ0v) is 14.3. The van der Waals surface area contributed by atoms with Gasteiger partial charge in [0.15, 0.2) is 5.69 Å². The fraction of sp³-hybridized carbons (Fsp3) is 0.562. The molecule has 124 valence electrons. The fourth-order valence-corrected chi connectivity index (χ4v) is 4.41. The molecule has 0 saturated heterocycles. The molecule has 0 radical (unpaired) electrons. The van der Waals surface area contributed by atoms with Crippen molar-refractivity contribution in [3.05, 3.63) is 33.8 Å². The molecule has 0 aromatic carbocycles. The third kappa shape index (κ3) is 3.30. The first-order chi connectivity index (χ1) is 11.0.